The molecule has 0 bridgehead atoms. The Kier molecular flexibility index (Phi) is 5.08. The summed E-state index contributed by atoms with van der Waals surface area (Å²) in [6.45, 7) is 1.70. The summed E-state index contributed by atoms with van der Waals surface area (Å²) in [6.07, 6.45) is 3.52. The Hall–Kier alpha value is -2.54. The Balaban J connectivity index is 1.64. The number of carboxylic acids is 1. The second kappa shape index (κ2) is 7.26. The molecule has 0 radical (unpaired) electrons. The van der Waals surface area contributed by atoms with Crippen molar-refractivity contribution < 1.29 is 26.7 Å². The summed E-state index contributed by atoms with van der Waals surface area (Å²) in [4.78, 5) is 12.1. The van der Waals surface area contributed by atoms with Gasteiger partial charge in [-0.3, -0.25) is 4.79 Å². The summed E-state index contributed by atoms with van der Waals surface area (Å²) in [5.41, 5.74) is -0.892. The molecule has 2 heterocycles. The SMILES string of the molecule is C[C@@H]1[C@H](c2ccccc2)[C@]1(NS(=O)(=O)c1ccc(-n2cc(S(C)(=O)=O)cn2)s1)C(=O)O. The molecule has 0 saturated heterocycles. The summed E-state index contributed by atoms with van der Waals surface area (Å²) in [5.74, 6) is -2.17. The summed E-state index contributed by atoms with van der Waals surface area (Å²) in [6, 6.07) is 11.7. The summed E-state index contributed by atoms with van der Waals surface area (Å²) in [7, 11) is -7.60. The van der Waals surface area contributed by atoms with E-state index < -0.39 is 43.2 Å². The van der Waals surface area contributed by atoms with Crippen LogP contribution >= 0.6 is 11.3 Å². The van der Waals surface area contributed by atoms with Gasteiger partial charge in [0.05, 0.1) is 12.4 Å². The maximum Gasteiger partial charge on any atom is 0.325 e. The molecular formula is C19H19N3O6S3. The van der Waals surface area contributed by atoms with E-state index in [0.717, 1.165) is 23.2 Å². The highest BCUT2D eigenvalue weighted by Gasteiger charge is 2.70. The molecule has 1 fully saturated rings. The molecule has 12 heteroatoms. The van der Waals surface area contributed by atoms with Crippen LogP contribution in [0.3, 0.4) is 0 Å². The third-order valence-corrected chi connectivity index (χ3v) is 9.58. The number of benzene rings is 1. The third kappa shape index (κ3) is 3.69. The largest absolute Gasteiger partial charge is 0.480 e. The maximum atomic E-state index is 13.0. The lowest BCUT2D eigenvalue weighted by atomic mass is 10.1. The molecule has 0 spiro atoms. The van der Waals surface area contributed by atoms with Crippen molar-refractivity contribution in [3.63, 3.8) is 0 Å². The van der Waals surface area contributed by atoms with Crippen LogP contribution in [0.5, 0.6) is 0 Å². The number of rotatable bonds is 7. The summed E-state index contributed by atoms with van der Waals surface area (Å²) in [5, 5.41) is 14.2. The van der Waals surface area contributed by atoms with Gasteiger partial charge >= 0.3 is 5.97 Å². The van der Waals surface area contributed by atoms with E-state index in [1.165, 1.54) is 29.2 Å². The minimum absolute atomic E-state index is 0.00534. The summed E-state index contributed by atoms with van der Waals surface area (Å²) >= 11 is 0.858. The van der Waals surface area contributed by atoms with Gasteiger partial charge < -0.3 is 5.11 Å². The molecule has 1 saturated carbocycles. The zero-order valence-electron chi connectivity index (χ0n) is 16.5. The van der Waals surface area contributed by atoms with E-state index in [1.54, 1.807) is 37.3 Å². The molecule has 164 valence electrons. The van der Waals surface area contributed by atoms with Crippen molar-refractivity contribution in [1.29, 1.82) is 0 Å². The molecule has 9 nitrogen and oxygen atoms in total. The molecule has 0 unspecified atom stereocenters. The number of carbonyl (C=O) groups is 1. The van der Waals surface area contributed by atoms with E-state index in [4.69, 9.17) is 0 Å². The van der Waals surface area contributed by atoms with Crippen LogP contribution in [-0.4, -0.2) is 49.5 Å². The van der Waals surface area contributed by atoms with Crippen LogP contribution in [0.2, 0.25) is 0 Å². The van der Waals surface area contributed by atoms with Crippen LogP contribution < -0.4 is 4.72 Å². The van der Waals surface area contributed by atoms with Gasteiger partial charge in [-0.2, -0.15) is 9.82 Å². The van der Waals surface area contributed by atoms with Crippen LogP contribution in [0.15, 0.2) is 64.0 Å². The Labute approximate surface area is 183 Å². The molecule has 1 aliphatic rings. The van der Waals surface area contributed by atoms with E-state index in [0.29, 0.717) is 5.00 Å². The van der Waals surface area contributed by atoms with E-state index in [2.05, 4.69) is 9.82 Å². The lowest BCUT2D eigenvalue weighted by Crippen LogP contribution is -2.45. The number of sulfone groups is 1. The second-order valence-corrected chi connectivity index (χ2v) is 12.4. The molecule has 3 atom stereocenters. The minimum Gasteiger partial charge on any atom is -0.480 e. The number of thiophene rings is 1. The van der Waals surface area contributed by atoms with Crippen molar-refractivity contribution in [1.82, 2.24) is 14.5 Å². The molecule has 2 N–H and O–H groups in total. The number of aliphatic carboxylic acids is 1. The van der Waals surface area contributed by atoms with Crippen molar-refractivity contribution in [2.24, 2.45) is 5.92 Å². The number of sulfonamides is 1. The standard InChI is InChI=1S/C19H19N3O6S3/c1-12-17(13-6-4-3-5-7-13)19(12,18(23)24)21-31(27,28)16-9-8-15(29-16)22-11-14(10-20-22)30(2,25)26/h3-12,17,21H,1-2H3,(H,23,24)/t12-,17-,19+/m1/s1. The zero-order valence-corrected chi connectivity index (χ0v) is 18.9. The molecule has 1 aliphatic carbocycles. The van der Waals surface area contributed by atoms with E-state index >= 15 is 0 Å². The predicted molar refractivity (Wildman–Crippen MR) is 114 cm³/mol. The zero-order chi connectivity index (χ0) is 22.6. The average molecular weight is 482 g/mol. The molecule has 4 rings (SSSR count). The van der Waals surface area contributed by atoms with Crippen LogP contribution in [0, 0.1) is 5.92 Å². The van der Waals surface area contributed by atoms with E-state index in [-0.39, 0.29) is 9.10 Å². The molecule has 2 aromatic heterocycles. The monoisotopic (exact) mass is 481 g/mol. The number of hydrogen-bond donors (Lipinski definition) is 2. The molecule has 0 amide bonds. The Morgan fingerprint density at radius 3 is 2.42 bits per heavy atom. The van der Waals surface area contributed by atoms with Crippen molar-refractivity contribution in [3.8, 4) is 5.00 Å². The molecule has 31 heavy (non-hydrogen) atoms. The minimum atomic E-state index is -4.15. The van der Waals surface area contributed by atoms with E-state index in [9.17, 15) is 26.7 Å². The highest BCUT2D eigenvalue weighted by molar-refractivity contribution is 7.91. The van der Waals surface area contributed by atoms with Crippen LogP contribution in [0.25, 0.3) is 5.00 Å². The Morgan fingerprint density at radius 1 is 1.16 bits per heavy atom. The van der Waals surface area contributed by atoms with Crippen LogP contribution in [-0.2, 0) is 24.7 Å². The average Bonchev–Trinajstić information content (AvgIpc) is 3.13. The molecule has 0 aliphatic heterocycles. The predicted octanol–water partition coefficient (Wildman–Crippen LogP) is 1.87. The molecular weight excluding hydrogens is 462 g/mol. The first-order valence-electron chi connectivity index (χ1n) is 9.14. The first kappa shape index (κ1) is 21.7. The van der Waals surface area contributed by atoms with Gasteiger partial charge in [-0.15, -0.1) is 11.3 Å². The number of aromatic nitrogens is 2. The quantitative estimate of drug-likeness (QED) is 0.526. The van der Waals surface area contributed by atoms with Crippen LogP contribution in [0.4, 0.5) is 0 Å². The van der Waals surface area contributed by atoms with Gasteiger partial charge in [0.1, 0.15) is 19.6 Å². The number of carboxylic acid groups (broad SMARTS) is 1. The number of nitrogens with one attached hydrogen (secondary N) is 1. The van der Waals surface area contributed by atoms with Gasteiger partial charge in [0.25, 0.3) is 10.0 Å². The maximum absolute atomic E-state index is 13.0. The molecule has 3 aromatic rings. The van der Waals surface area contributed by atoms with Gasteiger partial charge in [-0.25, -0.2) is 21.5 Å². The van der Waals surface area contributed by atoms with Gasteiger partial charge in [0.2, 0.25) is 0 Å². The highest BCUT2D eigenvalue weighted by atomic mass is 32.2. The first-order valence-corrected chi connectivity index (χ1v) is 13.3. The second-order valence-electron chi connectivity index (χ2n) is 7.44. The third-order valence-electron chi connectivity index (χ3n) is 5.46. The fraction of sp³-hybridized carbons (Fsp3) is 0.263. The fourth-order valence-electron chi connectivity index (χ4n) is 3.77. The van der Waals surface area contributed by atoms with Gasteiger partial charge in [-0.05, 0) is 23.6 Å². The normalized spacial score (nSPS) is 23.5. The van der Waals surface area contributed by atoms with Crippen molar-refractivity contribution in [2.45, 2.75) is 27.5 Å². The fourth-order valence-corrected chi connectivity index (χ4v) is 6.98. The lowest BCUT2D eigenvalue weighted by Gasteiger charge is -2.15. The topological polar surface area (TPSA) is 135 Å². The number of hydrogen-bond acceptors (Lipinski definition) is 7. The Bertz CT molecular complexity index is 1360. The highest BCUT2D eigenvalue weighted by Crippen LogP contribution is 2.58. The molecule has 1 aromatic carbocycles. The van der Waals surface area contributed by atoms with Gasteiger partial charge in [0.15, 0.2) is 9.84 Å². The van der Waals surface area contributed by atoms with E-state index in [1.807, 2.05) is 0 Å². The first-order chi connectivity index (χ1) is 14.5. The summed E-state index contributed by atoms with van der Waals surface area (Å²) < 4.78 is 52.9. The van der Waals surface area contributed by atoms with Crippen LogP contribution in [0.1, 0.15) is 18.4 Å². The Morgan fingerprint density at radius 2 is 1.84 bits per heavy atom. The van der Waals surface area contributed by atoms with Gasteiger partial charge in [-0.1, -0.05) is 37.3 Å². The van der Waals surface area contributed by atoms with Gasteiger partial charge in [0, 0.05) is 12.2 Å². The van der Waals surface area contributed by atoms with Crippen molar-refractivity contribution >= 4 is 37.2 Å². The number of nitrogens with zero attached hydrogens (tertiary/aromatic N) is 2. The lowest BCUT2D eigenvalue weighted by molar-refractivity contribution is -0.140. The van der Waals surface area contributed by atoms with Crippen molar-refractivity contribution in [2.75, 3.05) is 6.26 Å². The smallest absolute Gasteiger partial charge is 0.325 e. The van der Waals surface area contributed by atoms with Crippen molar-refractivity contribution in [3.05, 3.63) is 60.4 Å².